The topological polar surface area (TPSA) is 73.2 Å². The van der Waals surface area contributed by atoms with Crippen LogP contribution in [-0.2, 0) is 4.74 Å². The van der Waals surface area contributed by atoms with Gasteiger partial charge in [0.05, 0.1) is 16.6 Å². The summed E-state index contributed by atoms with van der Waals surface area (Å²) in [5.41, 5.74) is 1.98. The zero-order valence-corrected chi connectivity index (χ0v) is 16.7. The maximum absolute atomic E-state index is 13.1. The molecule has 0 radical (unpaired) electrons. The fourth-order valence-corrected chi connectivity index (χ4v) is 3.49. The third-order valence-corrected chi connectivity index (χ3v) is 4.95. The molecule has 2 aromatic carbocycles. The minimum Gasteiger partial charge on any atom is -0.440 e. The summed E-state index contributed by atoms with van der Waals surface area (Å²) in [6, 6.07) is 14.3. The minimum atomic E-state index is -4.58. The van der Waals surface area contributed by atoms with Gasteiger partial charge in [-0.25, -0.2) is 9.78 Å². The summed E-state index contributed by atoms with van der Waals surface area (Å²) in [5, 5.41) is 3.13. The quantitative estimate of drug-likeness (QED) is 0.358. The van der Waals surface area contributed by atoms with Gasteiger partial charge in [0.15, 0.2) is 11.8 Å². The van der Waals surface area contributed by atoms with Gasteiger partial charge in [0, 0.05) is 12.3 Å². The second kappa shape index (κ2) is 9.21. The summed E-state index contributed by atoms with van der Waals surface area (Å²) in [4.78, 5) is 29.0. The number of fused-ring (bicyclic) bond motifs is 1. The number of aromatic nitrogens is 2. The zero-order chi connectivity index (χ0) is 21.7. The molecule has 0 saturated carbocycles. The van der Waals surface area contributed by atoms with Crippen LogP contribution in [0.3, 0.4) is 0 Å². The molecule has 0 bridgehead atoms. The van der Waals surface area contributed by atoms with Gasteiger partial charge in [-0.05, 0) is 31.2 Å². The molecule has 1 aromatic heterocycles. The molecule has 0 aliphatic carbocycles. The molecule has 3 rings (SSSR count). The van der Waals surface area contributed by atoms with E-state index in [1.54, 1.807) is 24.3 Å². The number of nitrogens with zero attached hydrogens (tertiary/aromatic N) is 2. The van der Waals surface area contributed by atoms with Crippen LogP contribution in [0.1, 0.15) is 5.56 Å². The lowest BCUT2D eigenvalue weighted by atomic mass is 10.2. The largest absolute Gasteiger partial charge is 0.440 e. The van der Waals surface area contributed by atoms with Gasteiger partial charge in [-0.3, -0.25) is 9.36 Å². The van der Waals surface area contributed by atoms with Crippen molar-refractivity contribution in [2.24, 2.45) is 0 Å². The Bertz CT molecular complexity index is 1100. The maximum atomic E-state index is 13.1. The van der Waals surface area contributed by atoms with Crippen LogP contribution in [0.5, 0.6) is 0 Å². The normalized spacial score (nSPS) is 11.5. The number of rotatable bonds is 6. The van der Waals surface area contributed by atoms with Gasteiger partial charge in [-0.2, -0.15) is 13.2 Å². The lowest BCUT2D eigenvalue weighted by Gasteiger charge is -2.14. The molecular weight excluding hydrogens is 419 g/mol. The highest BCUT2D eigenvalue weighted by Gasteiger charge is 2.29. The summed E-state index contributed by atoms with van der Waals surface area (Å²) >= 11 is 1.20. The number of carbonyl (C=O) groups excluding carboxylic acids is 1. The fourth-order valence-electron chi connectivity index (χ4n) is 2.62. The van der Waals surface area contributed by atoms with Crippen LogP contribution >= 0.6 is 11.8 Å². The van der Waals surface area contributed by atoms with Crippen LogP contribution in [0.15, 0.2) is 58.5 Å². The number of alkyl halides is 3. The predicted octanol–water partition coefficient (Wildman–Crippen LogP) is 4.07. The number of aryl methyl sites for hydroxylation is 1. The standard InChI is InChI=1S/C20H18F3N3O3S/c1-13-6-8-14(9-7-13)26-17(27)15-4-2-3-5-16(15)25-18(26)30-11-10-24-19(28)29-12-20(21,22)23/h2-9H,10-12H2,1H3,(H,24,28). The molecule has 0 saturated heterocycles. The Morgan fingerprint density at radius 3 is 2.57 bits per heavy atom. The Hall–Kier alpha value is -3.01. The van der Waals surface area contributed by atoms with Gasteiger partial charge in [-0.15, -0.1) is 0 Å². The molecule has 0 atom stereocenters. The Morgan fingerprint density at radius 2 is 1.87 bits per heavy atom. The first-order valence-electron chi connectivity index (χ1n) is 8.93. The number of benzene rings is 2. The van der Waals surface area contributed by atoms with E-state index in [0.29, 0.717) is 21.7 Å². The van der Waals surface area contributed by atoms with Crippen LogP contribution in [-0.4, -0.2) is 40.7 Å². The molecule has 1 heterocycles. The van der Waals surface area contributed by atoms with Crippen molar-refractivity contribution in [3.8, 4) is 5.69 Å². The predicted molar refractivity (Wildman–Crippen MR) is 108 cm³/mol. The number of carbonyl (C=O) groups is 1. The van der Waals surface area contributed by atoms with E-state index < -0.39 is 18.9 Å². The number of amides is 1. The van der Waals surface area contributed by atoms with E-state index in [2.05, 4.69) is 15.0 Å². The van der Waals surface area contributed by atoms with Gasteiger partial charge in [-0.1, -0.05) is 41.6 Å². The van der Waals surface area contributed by atoms with Crippen LogP contribution in [0, 0.1) is 6.92 Å². The van der Waals surface area contributed by atoms with E-state index in [4.69, 9.17) is 0 Å². The van der Waals surface area contributed by atoms with E-state index in [1.165, 1.54) is 16.3 Å². The number of nitrogens with one attached hydrogen (secondary N) is 1. The lowest BCUT2D eigenvalue weighted by molar-refractivity contribution is -0.160. The highest BCUT2D eigenvalue weighted by molar-refractivity contribution is 7.99. The van der Waals surface area contributed by atoms with Gasteiger partial charge < -0.3 is 10.1 Å². The number of hydrogen-bond donors (Lipinski definition) is 1. The Balaban J connectivity index is 1.77. The molecule has 6 nitrogen and oxygen atoms in total. The van der Waals surface area contributed by atoms with Crippen molar-refractivity contribution in [3.63, 3.8) is 0 Å². The van der Waals surface area contributed by atoms with Crippen molar-refractivity contribution in [2.45, 2.75) is 18.3 Å². The Morgan fingerprint density at radius 1 is 1.17 bits per heavy atom. The molecule has 1 amide bonds. The minimum absolute atomic E-state index is 0.0396. The second-order valence-electron chi connectivity index (χ2n) is 6.35. The van der Waals surface area contributed by atoms with Crippen LogP contribution in [0.25, 0.3) is 16.6 Å². The first-order chi connectivity index (χ1) is 14.2. The summed E-state index contributed by atoms with van der Waals surface area (Å²) in [5.74, 6) is 0.276. The van der Waals surface area contributed by atoms with Crippen molar-refractivity contribution < 1.29 is 22.7 Å². The summed E-state index contributed by atoms with van der Waals surface area (Å²) < 4.78 is 41.8. The van der Waals surface area contributed by atoms with Crippen LogP contribution in [0.2, 0.25) is 0 Å². The first-order valence-corrected chi connectivity index (χ1v) is 9.92. The highest BCUT2D eigenvalue weighted by Crippen LogP contribution is 2.21. The molecule has 3 aromatic rings. The molecule has 0 fully saturated rings. The second-order valence-corrected chi connectivity index (χ2v) is 7.42. The van der Waals surface area contributed by atoms with E-state index in [1.807, 2.05) is 31.2 Å². The first kappa shape index (κ1) is 21.7. The Kier molecular flexibility index (Phi) is 6.66. The van der Waals surface area contributed by atoms with Gasteiger partial charge in [0.25, 0.3) is 5.56 Å². The third-order valence-electron chi connectivity index (χ3n) is 4.01. The summed E-state index contributed by atoms with van der Waals surface area (Å²) in [7, 11) is 0. The van der Waals surface area contributed by atoms with Crippen molar-refractivity contribution in [3.05, 3.63) is 64.4 Å². The molecule has 10 heteroatoms. The van der Waals surface area contributed by atoms with E-state index in [9.17, 15) is 22.8 Å². The van der Waals surface area contributed by atoms with Gasteiger partial charge in [0.2, 0.25) is 0 Å². The molecule has 30 heavy (non-hydrogen) atoms. The molecule has 0 unspecified atom stereocenters. The SMILES string of the molecule is Cc1ccc(-n2c(SCCNC(=O)OCC(F)(F)F)nc3ccccc3c2=O)cc1. The molecular formula is C20H18F3N3O3S. The number of thioether (sulfide) groups is 1. The number of para-hydroxylation sites is 1. The third kappa shape index (κ3) is 5.53. The van der Waals surface area contributed by atoms with Crippen molar-refractivity contribution in [1.29, 1.82) is 0 Å². The maximum Gasteiger partial charge on any atom is 0.422 e. The van der Waals surface area contributed by atoms with Crippen molar-refractivity contribution in [1.82, 2.24) is 14.9 Å². The monoisotopic (exact) mass is 437 g/mol. The number of alkyl carbamates (subject to hydrolysis) is 1. The molecule has 0 spiro atoms. The zero-order valence-electron chi connectivity index (χ0n) is 15.9. The number of hydrogen-bond acceptors (Lipinski definition) is 5. The molecule has 158 valence electrons. The van der Waals surface area contributed by atoms with Gasteiger partial charge in [0.1, 0.15) is 0 Å². The number of ether oxygens (including phenoxy) is 1. The van der Waals surface area contributed by atoms with Crippen molar-refractivity contribution in [2.75, 3.05) is 18.9 Å². The Labute approximate surface area is 174 Å². The highest BCUT2D eigenvalue weighted by atomic mass is 32.2. The van der Waals surface area contributed by atoms with E-state index >= 15 is 0 Å². The summed E-state index contributed by atoms with van der Waals surface area (Å²) in [6.45, 7) is 0.327. The van der Waals surface area contributed by atoms with E-state index in [-0.39, 0.29) is 17.9 Å². The van der Waals surface area contributed by atoms with E-state index in [0.717, 1.165) is 5.56 Å². The van der Waals surface area contributed by atoms with Crippen LogP contribution in [0.4, 0.5) is 18.0 Å². The molecule has 0 aliphatic rings. The average Bonchev–Trinajstić information content (AvgIpc) is 2.70. The smallest absolute Gasteiger partial charge is 0.422 e. The average molecular weight is 437 g/mol. The fraction of sp³-hybridized carbons (Fsp3) is 0.250. The summed E-state index contributed by atoms with van der Waals surface area (Å²) in [6.07, 6.45) is -5.74. The van der Waals surface area contributed by atoms with Crippen molar-refractivity contribution >= 4 is 28.8 Å². The molecule has 0 aliphatic heterocycles. The van der Waals surface area contributed by atoms with Gasteiger partial charge >= 0.3 is 12.3 Å². The van der Waals surface area contributed by atoms with Crippen LogP contribution < -0.4 is 10.9 Å². The lowest BCUT2D eigenvalue weighted by Crippen LogP contribution is -2.30. The molecule has 1 N–H and O–H groups in total. The number of halogens is 3.